The Morgan fingerprint density at radius 1 is 1.24 bits per heavy atom. The normalized spacial score (nSPS) is 21.1. The Bertz CT molecular complexity index is 997. The van der Waals surface area contributed by atoms with Gasteiger partial charge in [0, 0.05) is 10.9 Å². The van der Waals surface area contributed by atoms with Gasteiger partial charge in [-0.3, -0.25) is 0 Å². The van der Waals surface area contributed by atoms with Crippen molar-refractivity contribution in [1.82, 2.24) is 10.3 Å². The SMILES string of the molecule is O=S(=O)(OC1=CC=CNC1(Cl)c1cc2c(F)cccc2[nH]1)C(F)(F)F. The van der Waals surface area contributed by atoms with E-state index in [0.29, 0.717) is 5.52 Å². The van der Waals surface area contributed by atoms with Crippen molar-refractivity contribution in [2.45, 2.75) is 10.5 Å². The lowest BCUT2D eigenvalue weighted by Crippen LogP contribution is -2.40. The van der Waals surface area contributed by atoms with Gasteiger partial charge in [0.05, 0.1) is 5.69 Å². The fraction of sp³-hybridized carbons (Fsp3) is 0.143. The standard InChI is InChI=1S/C14H9ClF4N2O3S/c15-13(11-7-8-9(16)3-1-4-10(8)21-11)12(5-2-6-20-13)24-25(22,23)14(17,18)19/h1-7,20-21H. The van der Waals surface area contributed by atoms with Crippen molar-refractivity contribution in [2.24, 2.45) is 0 Å². The van der Waals surface area contributed by atoms with Crippen molar-refractivity contribution >= 4 is 32.6 Å². The summed E-state index contributed by atoms with van der Waals surface area (Å²) in [7, 11) is -5.93. The number of allylic oxidation sites excluding steroid dienone is 2. The summed E-state index contributed by atoms with van der Waals surface area (Å²) in [6.45, 7) is 0. The third kappa shape index (κ3) is 2.95. The molecule has 0 spiro atoms. The lowest BCUT2D eigenvalue weighted by atomic mass is 10.1. The van der Waals surface area contributed by atoms with Crippen molar-refractivity contribution in [3.63, 3.8) is 0 Å². The number of hydrogen-bond donors (Lipinski definition) is 2. The summed E-state index contributed by atoms with van der Waals surface area (Å²) in [5.74, 6) is -1.32. The molecule has 0 amide bonds. The van der Waals surface area contributed by atoms with Crippen LogP contribution < -0.4 is 5.32 Å². The molecule has 25 heavy (non-hydrogen) atoms. The highest BCUT2D eigenvalue weighted by atomic mass is 35.5. The van der Waals surface area contributed by atoms with E-state index in [1.54, 1.807) is 0 Å². The van der Waals surface area contributed by atoms with Crippen molar-refractivity contribution in [3.8, 4) is 0 Å². The number of benzene rings is 1. The highest BCUT2D eigenvalue weighted by molar-refractivity contribution is 7.87. The van der Waals surface area contributed by atoms with Gasteiger partial charge in [-0.15, -0.1) is 0 Å². The zero-order chi connectivity index (χ0) is 18.5. The molecule has 2 aromatic rings. The Balaban J connectivity index is 2.07. The summed E-state index contributed by atoms with van der Waals surface area (Å²) >= 11 is 6.31. The van der Waals surface area contributed by atoms with Crippen LogP contribution in [-0.2, 0) is 19.3 Å². The maximum absolute atomic E-state index is 13.8. The molecule has 0 radical (unpaired) electrons. The second kappa shape index (κ2) is 5.67. The maximum Gasteiger partial charge on any atom is 0.534 e. The first-order valence-electron chi connectivity index (χ1n) is 6.67. The Labute approximate surface area is 144 Å². The van der Waals surface area contributed by atoms with Gasteiger partial charge in [0.1, 0.15) is 5.82 Å². The number of aromatic amines is 1. The first-order valence-corrected chi connectivity index (χ1v) is 8.45. The second-order valence-corrected chi connectivity index (χ2v) is 7.16. The van der Waals surface area contributed by atoms with Crippen LogP contribution in [0.25, 0.3) is 10.9 Å². The van der Waals surface area contributed by atoms with Crippen LogP contribution in [0, 0.1) is 5.82 Å². The predicted molar refractivity (Wildman–Crippen MR) is 82.2 cm³/mol. The van der Waals surface area contributed by atoms with Crippen molar-refractivity contribution < 1.29 is 30.2 Å². The van der Waals surface area contributed by atoms with Gasteiger partial charge in [0.15, 0.2) is 5.76 Å². The smallest absolute Gasteiger partial charge is 0.376 e. The van der Waals surface area contributed by atoms with E-state index in [9.17, 15) is 26.0 Å². The number of hydrogen-bond acceptors (Lipinski definition) is 4. The number of rotatable bonds is 3. The molecule has 0 saturated heterocycles. The topological polar surface area (TPSA) is 71.2 Å². The molecule has 0 fully saturated rings. The molecule has 1 atom stereocenters. The number of alkyl halides is 4. The molecule has 1 aliphatic heterocycles. The summed E-state index contributed by atoms with van der Waals surface area (Å²) in [5.41, 5.74) is -5.30. The minimum Gasteiger partial charge on any atom is -0.376 e. The van der Waals surface area contributed by atoms with Crippen LogP contribution >= 0.6 is 11.6 Å². The predicted octanol–water partition coefficient (Wildman–Crippen LogP) is 3.57. The summed E-state index contributed by atoms with van der Waals surface area (Å²) in [5, 5.41) is 2.65. The van der Waals surface area contributed by atoms with Gasteiger partial charge in [-0.05, 0) is 36.6 Å². The number of aromatic nitrogens is 1. The fourth-order valence-corrected chi connectivity index (χ4v) is 3.07. The molecule has 2 N–H and O–H groups in total. The molecule has 134 valence electrons. The Hall–Kier alpha value is -2.20. The first kappa shape index (κ1) is 17.6. The molecule has 1 aromatic carbocycles. The molecule has 1 unspecified atom stereocenters. The number of dihydropyridines is 1. The quantitative estimate of drug-likeness (QED) is 0.273. The number of H-pyrrole nitrogens is 1. The minimum atomic E-state index is -5.93. The van der Waals surface area contributed by atoms with E-state index in [-0.39, 0.29) is 11.1 Å². The van der Waals surface area contributed by atoms with Crippen LogP contribution in [-0.4, -0.2) is 18.9 Å². The highest BCUT2D eigenvalue weighted by Crippen LogP contribution is 2.40. The van der Waals surface area contributed by atoms with Crippen LogP contribution in [0.1, 0.15) is 5.69 Å². The summed E-state index contributed by atoms with van der Waals surface area (Å²) in [6, 6.07) is 5.39. The number of fused-ring (bicyclic) bond motifs is 1. The summed E-state index contributed by atoms with van der Waals surface area (Å²) in [4.78, 5) is 0.734. The van der Waals surface area contributed by atoms with Crippen LogP contribution in [0.2, 0.25) is 0 Å². The first-order chi connectivity index (χ1) is 11.5. The van der Waals surface area contributed by atoms with E-state index in [2.05, 4.69) is 14.5 Å². The average Bonchev–Trinajstić information content (AvgIpc) is 2.95. The van der Waals surface area contributed by atoms with Gasteiger partial charge in [-0.2, -0.15) is 21.6 Å². The Morgan fingerprint density at radius 2 is 1.96 bits per heavy atom. The van der Waals surface area contributed by atoms with Crippen LogP contribution in [0.5, 0.6) is 0 Å². The Kier molecular flexibility index (Phi) is 3.99. The van der Waals surface area contributed by atoms with Crippen molar-refractivity contribution in [2.75, 3.05) is 0 Å². The van der Waals surface area contributed by atoms with E-state index in [4.69, 9.17) is 11.6 Å². The molecule has 5 nitrogen and oxygen atoms in total. The van der Waals surface area contributed by atoms with Crippen molar-refractivity contribution in [1.29, 1.82) is 0 Å². The average molecular weight is 397 g/mol. The molecular weight excluding hydrogens is 388 g/mol. The number of nitrogens with one attached hydrogen (secondary N) is 2. The monoisotopic (exact) mass is 396 g/mol. The molecule has 0 aliphatic carbocycles. The minimum absolute atomic E-state index is 0.00208. The second-order valence-electron chi connectivity index (χ2n) is 5.06. The third-order valence-electron chi connectivity index (χ3n) is 3.43. The van der Waals surface area contributed by atoms with Crippen LogP contribution in [0.3, 0.4) is 0 Å². The summed E-state index contributed by atoms with van der Waals surface area (Å²) < 4.78 is 78.4. The van der Waals surface area contributed by atoms with Gasteiger partial charge >= 0.3 is 15.6 Å². The van der Waals surface area contributed by atoms with Gasteiger partial charge in [-0.1, -0.05) is 17.7 Å². The van der Waals surface area contributed by atoms with E-state index in [1.165, 1.54) is 36.5 Å². The molecule has 0 saturated carbocycles. The molecule has 11 heteroatoms. The maximum atomic E-state index is 13.8. The van der Waals surface area contributed by atoms with E-state index < -0.39 is 32.2 Å². The molecule has 1 aliphatic rings. The van der Waals surface area contributed by atoms with Gasteiger partial charge in [-0.25, -0.2) is 4.39 Å². The molecular formula is C14H9ClF4N2O3S. The molecule has 2 heterocycles. The lowest BCUT2D eigenvalue weighted by molar-refractivity contribution is -0.0526. The van der Waals surface area contributed by atoms with Crippen molar-refractivity contribution in [3.05, 3.63) is 59.9 Å². The molecule has 3 rings (SSSR count). The highest BCUT2D eigenvalue weighted by Gasteiger charge is 2.51. The van der Waals surface area contributed by atoms with Crippen LogP contribution in [0.4, 0.5) is 17.6 Å². The summed E-state index contributed by atoms with van der Waals surface area (Å²) in [6.07, 6.45) is 3.46. The van der Waals surface area contributed by atoms with Gasteiger partial charge in [0.2, 0.25) is 5.00 Å². The van der Waals surface area contributed by atoms with Gasteiger partial charge < -0.3 is 14.5 Å². The largest absolute Gasteiger partial charge is 0.534 e. The fourth-order valence-electron chi connectivity index (χ4n) is 2.25. The zero-order valence-electron chi connectivity index (χ0n) is 12.1. The molecule has 0 bridgehead atoms. The molecule has 1 aromatic heterocycles. The van der Waals surface area contributed by atoms with Gasteiger partial charge in [0.25, 0.3) is 0 Å². The third-order valence-corrected chi connectivity index (χ3v) is 4.90. The van der Waals surface area contributed by atoms with Crippen LogP contribution in [0.15, 0.2) is 48.4 Å². The van der Waals surface area contributed by atoms with E-state index in [1.807, 2.05) is 0 Å². The number of halogens is 5. The van der Waals surface area contributed by atoms with E-state index >= 15 is 0 Å². The zero-order valence-corrected chi connectivity index (χ0v) is 13.6. The van der Waals surface area contributed by atoms with E-state index in [0.717, 1.165) is 6.08 Å². The Morgan fingerprint density at radius 3 is 2.60 bits per heavy atom. The lowest BCUT2D eigenvalue weighted by Gasteiger charge is -2.30.